The summed E-state index contributed by atoms with van der Waals surface area (Å²) in [6.45, 7) is 9.84. The van der Waals surface area contributed by atoms with Gasteiger partial charge in [-0.1, -0.05) is 18.2 Å². The molecule has 0 saturated carbocycles. The van der Waals surface area contributed by atoms with E-state index in [0.29, 0.717) is 24.3 Å². The first-order chi connectivity index (χ1) is 16.9. The molecule has 36 heavy (non-hydrogen) atoms. The maximum absolute atomic E-state index is 13.2. The lowest BCUT2D eigenvalue weighted by molar-refractivity contribution is -0.133. The fraction of sp³-hybridized carbons (Fsp3) is 0.393. The number of carbonyl (C=O) groups excluding carboxylic acids is 2. The summed E-state index contributed by atoms with van der Waals surface area (Å²) in [6, 6.07) is 16.8. The lowest BCUT2D eigenvalue weighted by Crippen LogP contribution is -2.60. The highest BCUT2D eigenvalue weighted by molar-refractivity contribution is 5.95. The highest BCUT2D eigenvalue weighted by atomic mass is 16.5. The number of benzene rings is 2. The SMILES string of the molecule is Cc1cc(COc2ccc(C(=O)NC3(CC(=O)NO)CC(C)(C)OC3(C)C)cc2)c2ccccc2n1. The fourth-order valence-electron chi connectivity index (χ4n) is 5.26. The molecule has 2 heterocycles. The van der Waals surface area contributed by atoms with Gasteiger partial charge in [-0.25, -0.2) is 5.48 Å². The van der Waals surface area contributed by atoms with Crippen molar-refractivity contribution in [3.8, 4) is 5.75 Å². The third-order valence-corrected chi connectivity index (χ3v) is 6.79. The molecule has 1 unspecified atom stereocenters. The quantitative estimate of drug-likeness (QED) is 0.332. The van der Waals surface area contributed by atoms with Crippen LogP contribution in [0.4, 0.5) is 0 Å². The van der Waals surface area contributed by atoms with E-state index in [1.807, 2.05) is 65.0 Å². The number of nitrogens with one attached hydrogen (secondary N) is 2. The van der Waals surface area contributed by atoms with Crippen LogP contribution in [0.25, 0.3) is 10.9 Å². The third kappa shape index (κ3) is 5.20. The number of para-hydroxylation sites is 1. The van der Waals surface area contributed by atoms with Crippen molar-refractivity contribution < 1.29 is 24.3 Å². The summed E-state index contributed by atoms with van der Waals surface area (Å²) in [5.74, 6) is -0.296. The maximum Gasteiger partial charge on any atom is 0.251 e. The number of hydrogen-bond donors (Lipinski definition) is 3. The van der Waals surface area contributed by atoms with Gasteiger partial charge < -0.3 is 14.8 Å². The first-order valence-corrected chi connectivity index (χ1v) is 12.0. The molecule has 1 atom stereocenters. The van der Waals surface area contributed by atoms with Crippen LogP contribution in [-0.4, -0.2) is 38.7 Å². The molecule has 2 amide bonds. The van der Waals surface area contributed by atoms with Crippen LogP contribution in [-0.2, 0) is 16.1 Å². The summed E-state index contributed by atoms with van der Waals surface area (Å²) in [6.07, 6.45) is 0.291. The van der Waals surface area contributed by atoms with E-state index in [4.69, 9.17) is 14.7 Å². The Balaban J connectivity index is 1.49. The Morgan fingerprint density at radius 2 is 1.78 bits per heavy atom. The van der Waals surface area contributed by atoms with Crippen molar-refractivity contribution in [3.63, 3.8) is 0 Å². The van der Waals surface area contributed by atoms with Crippen molar-refractivity contribution >= 4 is 22.7 Å². The number of hydrogen-bond acceptors (Lipinski definition) is 6. The molecule has 8 nitrogen and oxygen atoms in total. The second-order valence-electron chi connectivity index (χ2n) is 10.5. The van der Waals surface area contributed by atoms with Gasteiger partial charge in [-0.3, -0.25) is 19.8 Å². The fourth-order valence-corrected chi connectivity index (χ4v) is 5.26. The van der Waals surface area contributed by atoms with Crippen LogP contribution in [0.15, 0.2) is 54.6 Å². The third-order valence-electron chi connectivity index (χ3n) is 6.79. The predicted molar refractivity (Wildman–Crippen MR) is 136 cm³/mol. The molecule has 8 heteroatoms. The van der Waals surface area contributed by atoms with Crippen LogP contribution >= 0.6 is 0 Å². The number of nitrogens with zero attached hydrogens (tertiary/aromatic N) is 1. The van der Waals surface area contributed by atoms with E-state index in [1.54, 1.807) is 29.7 Å². The predicted octanol–water partition coefficient (Wildman–Crippen LogP) is 4.46. The molecule has 1 fully saturated rings. The molecule has 2 aromatic carbocycles. The van der Waals surface area contributed by atoms with Crippen LogP contribution < -0.4 is 15.5 Å². The largest absolute Gasteiger partial charge is 0.489 e. The summed E-state index contributed by atoms with van der Waals surface area (Å²) in [4.78, 5) is 29.9. The van der Waals surface area contributed by atoms with Gasteiger partial charge in [0.15, 0.2) is 0 Å². The number of hydroxylamine groups is 1. The minimum Gasteiger partial charge on any atom is -0.489 e. The van der Waals surface area contributed by atoms with Crippen molar-refractivity contribution in [3.05, 3.63) is 71.4 Å². The molecule has 1 aliphatic rings. The van der Waals surface area contributed by atoms with Crippen molar-refractivity contribution in [2.24, 2.45) is 0 Å². The zero-order valence-corrected chi connectivity index (χ0v) is 21.3. The Morgan fingerprint density at radius 3 is 2.42 bits per heavy atom. The molecule has 0 radical (unpaired) electrons. The van der Waals surface area contributed by atoms with E-state index in [2.05, 4.69) is 10.3 Å². The van der Waals surface area contributed by atoms with E-state index in [-0.39, 0.29) is 12.3 Å². The Morgan fingerprint density at radius 1 is 1.08 bits per heavy atom. The molecule has 0 spiro atoms. The first kappa shape index (κ1) is 25.6. The van der Waals surface area contributed by atoms with Gasteiger partial charge in [-0.15, -0.1) is 0 Å². The Bertz CT molecular complexity index is 1290. The first-order valence-electron chi connectivity index (χ1n) is 12.0. The van der Waals surface area contributed by atoms with E-state index < -0.39 is 22.6 Å². The number of amides is 2. The molecule has 4 rings (SSSR count). The van der Waals surface area contributed by atoms with Crippen LogP contribution in [0.1, 0.15) is 62.2 Å². The average molecular weight is 492 g/mol. The van der Waals surface area contributed by atoms with Crippen LogP contribution in [0.5, 0.6) is 5.75 Å². The Labute approximate surface area is 211 Å². The lowest BCUT2D eigenvalue weighted by atomic mass is 9.76. The number of aromatic nitrogens is 1. The number of carbonyl (C=O) groups is 2. The molecule has 190 valence electrons. The summed E-state index contributed by atoms with van der Waals surface area (Å²) < 4.78 is 12.2. The maximum atomic E-state index is 13.2. The number of pyridine rings is 1. The van der Waals surface area contributed by atoms with Crippen LogP contribution in [0, 0.1) is 6.92 Å². The molecule has 1 aromatic heterocycles. The highest BCUT2D eigenvalue weighted by Crippen LogP contribution is 2.47. The molecule has 3 N–H and O–H groups in total. The molecule has 3 aromatic rings. The number of fused-ring (bicyclic) bond motifs is 1. The lowest BCUT2D eigenvalue weighted by Gasteiger charge is -2.40. The summed E-state index contributed by atoms with van der Waals surface area (Å²) in [7, 11) is 0. The standard InChI is InChI=1S/C28H33N3O5/c1-18-14-20(22-8-6-7-9-23(22)29-18)16-35-21-12-10-19(11-13-21)25(33)30-28(15-24(32)31-34)17-26(2,3)36-27(28,4)5/h6-14,34H,15-17H2,1-5H3,(H,30,33)(H,31,32). The van der Waals surface area contributed by atoms with Gasteiger partial charge in [-0.05, 0) is 71.0 Å². The molecular formula is C28H33N3O5. The number of rotatable bonds is 7. The van der Waals surface area contributed by atoms with Crippen molar-refractivity contribution in [1.82, 2.24) is 15.8 Å². The Kier molecular flexibility index (Phi) is 6.77. The summed E-state index contributed by atoms with van der Waals surface area (Å²) in [5.41, 5.74) is 2.59. The summed E-state index contributed by atoms with van der Waals surface area (Å²) >= 11 is 0. The van der Waals surface area contributed by atoms with Crippen molar-refractivity contribution in [2.75, 3.05) is 0 Å². The molecule has 0 aliphatic carbocycles. The Hall–Kier alpha value is -3.49. The van der Waals surface area contributed by atoms with Gasteiger partial charge in [0.1, 0.15) is 12.4 Å². The molecule has 0 bridgehead atoms. The second-order valence-corrected chi connectivity index (χ2v) is 10.5. The van der Waals surface area contributed by atoms with E-state index in [1.165, 1.54) is 0 Å². The highest BCUT2D eigenvalue weighted by Gasteiger charge is 2.58. The van der Waals surface area contributed by atoms with Gasteiger partial charge in [-0.2, -0.15) is 0 Å². The number of aryl methyl sites for hydroxylation is 1. The zero-order chi connectivity index (χ0) is 26.1. The topological polar surface area (TPSA) is 110 Å². The molecule has 1 aliphatic heterocycles. The zero-order valence-electron chi connectivity index (χ0n) is 21.3. The van der Waals surface area contributed by atoms with Gasteiger partial charge >= 0.3 is 0 Å². The monoisotopic (exact) mass is 491 g/mol. The van der Waals surface area contributed by atoms with E-state index in [9.17, 15) is 9.59 Å². The van der Waals surface area contributed by atoms with Crippen molar-refractivity contribution in [2.45, 2.75) is 70.8 Å². The summed E-state index contributed by atoms with van der Waals surface area (Å²) in [5, 5.41) is 13.2. The van der Waals surface area contributed by atoms with Crippen molar-refractivity contribution in [1.29, 1.82) is 0 Å². The van der Waals surface area contributed by atoms with Gasteiger partial charge in [0.25, 0.3) is 5.91 Å². The van der Waals surface area contributed by atoms with E-state index >= 15 is 0 Å². The number of ether oxygens (including phenoxy) is 2. The average Bonchev–Trinajstić information content (AvgIpc) is 2.99. The smallest absolute Gasteiger partial charge is 0.251 e. The van der Waals surface area contributed by atoms with E-state index in [0.717, 1.165) is 22.2 Å². The minimum absolute atomic E-state index is 0.119. The molecule has 1 saturated heterocycles. The second kappa shape index (κ2) is 9.52. The van der Waals surface area contributed by atoms with Crippen LogP contribution in [0.3, 0.4) is 0 Å². The van der Waals surface area contributed by atoms with Gasteiger partial charge in [0.2, 0.25) is 5.91 Å². The van der Waals surface area contributed by atoms with Gasteiger partial charge in [0, 0.05) is 28.6 Å². The van der Waals surface area contributed by atoms with Crippen LogP contribution in [0.2, 0.25) is 0 Å². The normalized spacial score (nSPS) is 20.2. The van der Waals surface area contributed by atoms with Gasteiger partial charge in [0.05, 0.1) is 28.7 Å². The minimum atomic E-state index is -1.00. The molecular weight excluding hydrogens is 458 g/mol.